The predicted molar refractivity (Wildman–Crippen MR) is 100 cm³/mol. The molecule has 0 aliphatic rings. The van der Waals surface area contributed by atoms with Crippen LogP contribution in [0.2, 0.25) is 0 Å². The lowest BCUT2D eigenvalue weighted by Crippen LogP contribution is -2.09. The minimum Gasteiger partial charge on any atom is -0.508 e. The number of aromatic hydroxyl groups is 1. The zero-order chi connectivity index (χ0) is 17.5. The van der Waals surface area contributed by atoms with Gasteiger partial charge in [-0.05, 0) is 66.1 Å². The van der Waals surface area contributed by atoms with Crippen LogP contribution in [0.3, 0.4) is 0 Å². The smallest absolute Gasteiger partial charge is 0.115 e. The van der Waals surface area contributed by atoms with Gasteiger partial charge < -0.3 is 10.2 Å². The fourth-order valence-corrected chi connectivity index (χ4v) is 2.87. The minimum atomic E-state index is -0.294. The summed E-state index contributed by atoms with van der Waals surface area (Å²) in [6, 6.07) is 19.6. The first-order valence-electron chi connectivity index (χ1n) is 8.66. The average Bonchev–Trinajstić information content (AvgIpc) is 2.67. The van der Waals surface area contributed by atoms with Crippen molar-refractivity contribution in [2.45, 2.75) is 31.8 Å². The fourth-order valence-electron chi connectivity index (χ4n) is 2.87. The molecule has 0 fully saturated rings. The Morgan fingerprint density at radius 3 is 1.96 bits per heavy atom. The molecule has 0 aliphatic carbocycles. The molecule has 1 aromatic heterocycles. The monoisotopic (exact) mass is 333 g/mol. The van der Waals surface area contributed by atoms with Crippen molar-refractivity contribution in [2.75, 3.05) is 0 Å². The number of aliphatic hydroxyl groups excluding tert-OH is 1. The van der Waals surface area contributed by atoms with Crippen LogP contribution < -0.4 is 0 Å². The van der Waals surface area contributed by atoms with E-state index in [0.717, 1.165) is 36.8 Å². The van der Waals surface area contributed by atoms with Crippen LogP contribution in [-0.2, 0) is 12.8 Å². The average molecular weight is 333 g/mol. The molecule has 0 spiro atoms. The van der Waals surface area contributed by atoms with E-state index in [1.807, 2.05) is 30.5 Å². The molecule has 0 saturated heterocycles. The summed E-state index contributed by atoms with van der Waals surface area (Å²) in [5.74, 6) is 0.278. The van der Waals surface area contributed by atoms with Crippen LogP contribution in [0.25, 0.3) is 11.1 Å². The predicted octanol–water partition coefficient (Wildman–Crippen LogP) is 4.38. The number of pyridine rings is 1. The van der Waals surface area contributed by atoms with Crippen molar-refractivity contribution < 1.29 is 10.2 Å². The molecule has 25 heavy (non-hydrogen) atoms. The number of aryl methyl sites for hydroxylation is 2. The summed E-state index contributed by atoms with van der Waals surface area (Å²) in [7, 11) is 0. The lowest BCUT2D eigenvalue weighted by Gasteiger charge is -2.11. The van der Waals surface area contributed by atoms with Gasteiger partial charge in [0, 0.05) is 12.4 Å². The Hall–Kier alpha value is -2.65. The van der Waals surface area contributed by atoms with Gasteiger partial charge in [-0.15, -0.1) is 0 Å². The summed E-state index contributed by atoms with van der Waals surface area (Å²) >= 11 is 0. The quantitative estimate of drug-likeness (QED) is 0.674. The molecule has 1 atom stereocenters. The van der Waals surface area contributed by atoms with E-state index in [2.05, 4.69) is 29.2 Å². The van der Waals surface area contributed by atoms with Crippen molar-refractivity contribution in [2.24, 2.45) is 0 Å². The Morgan fingerprint density at radius 2 is 1.36 bits per heavy atom. The van der Waals surface area contributed by atoms with Crippen LogP contribution in [0, 0.1) is 0 Å². The van der Waals surface area contributed by atoms with E-state index in [1.165, 1.54) is 11.1 Å². The standard InChI is InChI=1S/C22H23NO2/c24-21(12-6-18-2-1-15-23-16-18)11-5-17-3-7-19(8-4-17)20-9-13-22(25)14-10-20/h1-4,7-10,13-16,21,24-25H,5-6,11-12H2. The number of hydrogen-bond donors (Lipinski definition) is 2. The van der Waals surface area contributed by atoms with E-state index < -0.39 is 0 Å². The van der Waals surface area contributed by atoms with Gasteiger partial charge in [0.1, 0.15) is 5.75 Å². The molecule has 3 heteroatoms. The number of rotatable bonds is 7. The van der Waals surface area contributed by atoms with E-state index in [-0.39, 0.29) is 11.9 Å². The van der Waals surface area contributed by atoms with Gasteiger partial charge in [-0.25, -0.2) is 0 Å². The number of nitrogens with zero attached hydrogens (tertiary/aromatic N) is 1. The molecule has 0 aliphatic heterocycles. The third-order valence-electron chi connectivity index (χ3n) is 4.41. The molecular weight excluding hydrogens is 310 g/mol. The molecule has 2 aromatic carbocycles. The maximum absolute atomic E-state index is 10.2. The first kappa shape index (κ1) is 17.2. The highest BCUT2D eigenvalue weighted by atomic mass is 16.3. The summed E-state index contributed by atoms with van der Waals surface area (Å²) < 4.78 is 0. The highest BCUT2D eigenvalue weighted by molar-refractivity contribution is 5.64. The van der Waals surface area contributed by atoms with Gasteiger partial charge in [0.15, 0.2) is 0 Å². The summed E-state index contributed by atoms with van der Waals surface area (Å²) in [6.07, 6.45) is 6.57. The number of aromatic nitrogens is 1. The fraction of sp³-hybridized carbons (Fsp3) is 0.227. The van der Waals surface area contributed by atoms with Crippen molar-refractivity contribution in [3.8, 4) is 16.9 Å². The number of aliphatic hydroxyl groups is 1. The minimum absolute atomic E-state index is 0.278. The molecule has 3 aromatic rings. The largest absolute Gasteiger partial charge is 0.508 e. The van der Waals surface area contributed by atoms with Gasteiger partial charge in [-0.2, -0.15) is 0 Å². The first-order chi connectivity index (χ1) is 12.2. The maximum atomic E-state index is 10.2. The summed E-state index contributed by atoms with van der Waals surface area (Å²) in [5, 5.41) is 19.5. The normalized spacial score (nSPS) is 12.0. The van der Waals surface area contributed by atoms with Gasteiger partial charge in [0.25, 0.3) is 0 Å². The van der Waals surface area contributed by atoms with Gasteiger partial charge in [-0.1, -0.05) is 42.5 Å². The van der Waals surface area contributed by atoms with Crippen LogP contribution in [0.5, 0.6) is 5.75 Å². The molecule has 1 heterocycles. The van der Waals surface area contributed by atoms with Gasteiger partial charge in [-0.3, -0.25) is 4.98 Å². The highest BCUT2D eigenvalue weighted by Crippen LogP contribution is 2.22. The molecule has 128 valence electrons. The molecule has 2 N–H and O–H groups in total. The van der Waals surface area contributed by atoms with Crippen LogP contribution >= 0.6 is 0 Å². The lowest BCUT2D eigenvalue weighted by molar-refractivity contribution is 0.155. The van der Waals surface area contributed by atoms with Crippen molar-refractivity contribution in [3.05, 3.63) is 84.2 Å². The summed E-state index contributed by atoms with van der Waals surface area (Å²) in [5.41, 5.74) is 4.60. The number of phenolic OH excluding ortho intramolecular Hbond substituents is 1. The van der Waals surface area contributed by atoms with E-state index >= 15 is 0 Å². The molecule has 0 amide bonds. The van der Waals surface area contributed by atoms with Crippen LogP contribution in [0.4, 0.5) is 0 Å². The topological polar surface area (TPSA) is 53.4 Å². The Bertz CT molecular complexity index is 767. The van der Waals surface area contributed by atoms with Gasteiger partial charge >= 0.3 is 0 Å². The second-order valence-electron chi connectivity index (χ2n) is 6.34. The molecule has 0 radical (unpaired) electrons. The molecule has 1 unspecified atom stereocenters. The maximum Gasteiger partial charge on any atom is 0.115 e. The van der Waals surface area contributed by atoms with E-state index in [0.29, 0.717) is 0 Å². The zero-order valence-electron chi connectivity index (χ0n) is 14.2. The van der Waals surface area contributed by atoms with Crippen LogP contribution in [0.1, 0.15) is 24.0 Å². The van der Waals surface area contributed by atoms with E-state index in [4.69, 9.17) is 0 Å². The molecule has 3 nitrogen and oxygen atoms in total. The first-order valence-corrected chi connectivity index (χ1v) is 8.66. The van der Waals surface area contributed by atoms with Crippen LogP contribution in [0.15, 0.2) is 73.1 Å². The van der Waals surface area contributed by atoms with Gasteiger partial charge in [0.2, 0.25) is 0 Å². The van der Waals surface area contributed by atoms with Crippen molar-refractivity contribution in [1.29, 1.82) is 0 Å². The SMILES string of the molecule is Oc1ccc(-c2ccc(CCC(O)CCc3cccnc3)cc2)cc1. The number of benzene rings is 2. The Balaban J connectivity index is 1.49. The molecule has 3 rings (SSSR count). The summed E-state index contributed by atoms with van der Waals surface area (Å²) in [6.45, 7) is 0. The van der Waals surface area contributed by atoms with E-state index in [1.54, 1.807) is 18.3 Å². The van der Waals surface area contributed by atoms with Crippen molar-refractivity contribution in [1.82, 2.24) is 4.98 Å². The van der Waals surface area contributed by atoms with Crippen molar-refractivity contribution >= 4 is 0 Å². The lowest BCUT2D eigenvalue weighted by atomic mass is 9.99. The second-order valence-corrected chi connectivity index (χ2v) is 6.34. The van der Waals surface area contributed by atoms with Crippen LogP contribution in [-0.4, -0.2) is 21.3 Å². The molecule has 0 saturated carbocycles. The molecular formula is C22H23NO2. The third kappa shape index (κ3) is 5.16. The zero-order valence-corrected chi connectivity index (χ0v) is 14.2. The van der Waals surface area contributed by atoms with E-state index in [9.17, 15) is 10.2 Å². The Labute approximate surface area is 148 Å². The number of hydrogen-bond acceptors (Lipinski definition) is 3. The third-order valence-corrected chi connectivity index (χ3v) is 4.41. The van der Waals surface area contributed by atoms with Crippen molar-refractivity contribution in [3.63, 3.8) is 0 Å². The Kier molecular flexibility index (Phi) is 5.81. The Morgan fingerprint density at radius 1 is 0.760 bits per heavy atom. The second kappa shape index (κ2) is 8.45. The summed E-state index contributed by atoms with van der Waals surface area (Å²) in [4.78, 5) is 4.10. The molecule has 0 bridgehead atoms. The van der Waals surface area contributed by atoms with Gasteiger partial charge in [0.05, 0.1) is 6.10 Å². The highest BCUT2D eigenvalue weighted by Gasteiger charge is 2.06. The number of phenols is 1.